The first kappa shape index (κ1) is 17.0. The van der Waals surface area contributed by atoms with Gasteiger partial charge in [-0.15, -0.1) is 0 Å². The van der Waals surface area contributed by atoms with Crippen LogP contribution in [-0.4, -0.2) is 44.4 Å². The summed E-state index contributed by atoms with van der Waals surface area (Å²) in [5.74, 6) is 0.940. The molecule has 2 aromatic carbocycles. The second-order valence-electron chi connectivity index (χ2n) is 6.02. The first-order valence-corrected chi connectivity index (χ1v) is 8.66. The maximum atomic E-state index is 6.10. The van der Waals surface area contributed by atoms with E-state index in [2.05, 4.69) is 41.3 Å². The first-order valence-electron chi connectivity index (χ1n) is 8.66. The zero-order valence-electron chi connectivity index (χ0n) is 14.1. The van der Waals surface area contributed by atoms with Crippen LogP contribution in [0.3, 0.4) is 0 Å². The number of hydrogen-bond acceptors (Lipinski definition) is 4. The normalized spacial score (nSPS) is 16.7. The lowest BCUT2D eigenvalue weighted by Gasteiger charge is -2.34. The van der Waals surface area contributed by atoms with Crippen LogP contribution in [0, 0.1) is 0 Å². The molecule has 2 aromatic rings. The van der Waals surface area contributed by atoms with E-state index < -0.39 is 0 Å². The second-order valence-corrected chi connectivity index (χ2v) is 6.02. The molecule has 128 valence electrons. The van der Waals surface area contributed by atoms with E-state index in [1.54, 1.807) is 0 Å². The fraction of sp³-hybridized carbons (Fsp3) is 0.400. The summed E-state index contributed by atoms with van der Waals surface area (Å²) < 4.78 is 11.6. The summed E-state index contributed by atoms with van der Waals surface area (Å²) in [4.78, 5) is 2.39. The number of benzene rings is 2. The Morgan fingerprint density at radius 1 is 1.00 bits per heavy atom. The Balaban J connectivity index is 1.67. The van der Waals surface area contributed by atoms with Gasteiger partial charge in [0.1, 0.15) is 5.75 Å². The molecule has 0 radical (unpaired) electrons. The van der Waals surface area contributed by atoms with Gasteiger partial charge in [0.25, 0.3) is 0 Å². The Morgan fingerprint density at radius 2 is 1.71 bits per heavy atom. The number of nitrogens with two attached hydrogens (primary N) is 1. The molecule has 24 heavy (non-hydrogen) atoms. The Hall–Kier alpha value is -1.88. The molecule has 0 amide bonds. The highest BCUT2D eigenvalue weighted by atomic mass is 16.5. The van der Waals surface area contributed by atoms with Crippen molar-refractivity contribution in [3.8, 4) is 5.75 Å². The molecule has 1 fully saturated rings. The maximum absolute atomic E-state index is 6.10. The minimum Gasteiger partial charge on any atom is -0.493 e. The van der Waals surface area contributed by atoms with Gasteiger partial charge in [-0.1, -0.05) is 48.5 Å². The van der Waals surface area contributed by atoms with Gasteiger partial charge in [-0.05, 0) is 11.6 Å². The molecule has 1 aliphatic rings. The lowest BCUT2D eigenvalue weighted by Crippen LogP contribution is -2.41. The number of rotatable bonds is 7. The quantitative estimate of drug-likeness (QED) is 0.850. The molecule has 4 nitrogen and oxygen atoms in total. The lowest BCUT2D eigenvalue weighted by atomic mass is 10.0. The van der Waals surface area contributed by atoms with Crippen LogP contribution in [0.25, 0.3) is 0 Å². The standard InChI is InChI=1S/C20H26N2O2/c21-16-19(22-11-14-23-15-12-22)18-8-4-5-9-20(18)24-13-10-17-6-2-1-3-7-17/h1-9,19H,10-16,21H2. The summed E-state index contributed by atoms with van der Waals surface area (Å²) in [6.07, 6.45) is 0.903. The maximum Gasteiger partial charge on any atom is 0.124 e. The van der Waals surface area contributed by atoms with Gasteiger partial charge in [0.05, 0.1) is 25.9 Å². The van der Waals surface area contributed by atoms with Gasteiger partial charge in [0, 0.05) is 31.6 Å². The van der Waals surface area contributed by atoms with Crippen LogP contribution in [0.2, 0.25) is 0 Å². The average molecular weight is 326 g/mol. The van der Waals surface area contributed by atoms with Gasteiger partial charge >= 0.3 is 0 Å². The van der Waals surface area contributed by atoms with Crippen molar-refractivity contribution in [2.24, 2.45) is 5.73 Å². The molecule has 0 aromatic heterocycles. The Kier molecular flexibility index (Phi) is 6.24. The van der Waals surface area contributed by atoms with Crippen molar-refractivity contribution in [3.63, 3.8) is 0 Å². The molecule has 0 saturated carbocycles. The molecule has 2 N–H and O–H groups in total. The molecule has 4 heteroatoms. The molecular formula is C20H26N2O2. The van der Waals surface area contributed by atoms with Gasteiger partial charge in [0.15, 0.2) is 0 Å². The third kappa shape index (κ3) is 4.35. The van der Waals surface area contributed by atoms with E-state index in [4.69, 9.17) is 15.2 Å². The molecule has 1 unspecified atom stereocenters. The topological polar surface area (TPSA) is 47.7 Å². The van der Waals surface area contributed by atoms with Crippen molar-refractivity contribution in [2.75, 3.05) is 39.5 Å². The predicted molar refractivity (Wildman–Crippen MR) is 96.3 cm³/mol. The zero-order chi connectivity index (χ0) is 16.6. The van der Waals surface area contributed by atoms with Crippen molar-refractivity contribution in [3.05, 3.63) is 65.7 Å². The largest absolute Gasteiger partial charge is 0.493 e. The predicted octanol–water partition coefficient (Wildman–Crippen LogP) is 2.64. The summed E-state index contributed by atoms with van der Waals surface area (Å²) in [7, 11) is 0. The van der Waals surface area contributed by atoms with E-state index >= 15 is 0 Å². The summed E-state index contributed by atoms with van der Waals surface area (Å²) in [6, 6.07) is 18.9. The minimum absolute atomic E-state index is 0.182. The molecule has 1 saturated heterocycles. The van der Waals surface area contributed by atoms with E-state index in [-0.39, 0.29) is 6.04 Å². The monoisotopic (exact) mass is 326 g/mol. The van der Waals surface area contributed by atoms with Crippen molar-refractivity contribution < 1.29 is 9.47 Å². The van der Waals surface area contributed by atoms with Gasteiger partial charge in [0.2, 0.25) is 0 Å². The van der Waals surface area contributed by atoms with Crippen molar-refractivity contribution in [1.29, 1.82) is 0 Å². The second kappa shape index (κ2) is 8.83. The van der Waals surface area contributed by atoms with Gasteiger partial charge in [-0.25, -0.2) is 0 Å². The first-order chi connectivity index (χ1) is 11.9. The van der Waals surface area contributed by atoms with Crippen molar-refractivity contribution in [2.45, 2.75) is 12.5 Å². The molecule has 1 aliphatic heterocycles. The van der Waals surface area contributed by atoms with Gasteiger partial charge < -0.3 is 15.2 Å². The van der Waals surface area contributed by atoms with Gasteiger partial charge in [-0.2, -0.15) is 0 Å². The van der Waals surface area contributed by atoms with Crippen LogP contribution < -0.4 is 10.5 Å². The van der Waals surface area contributed by atoms with Gasteiger partial charge in [-0.3, -0.25) is 4.90 Å². The van der Waals surface area contributed by atoms with Crippen LogP contribution in [0.1, 0.15) is 17.2 Å². The summed E-state index contributed by atoms with van der Waals surface area (Å²) >= 11 is 0. The highest BCUT2D eigenvalue weighted by Crippen LogP contribution is 2.29. The number of morpholine rings is 1. The third-order valence-corrected chi connectivity index (χ3v) is 4.48. The van der Waals surface area contributed by atoms with Crippen LogP contribution in [0.5, 0.6) is 5.75 Å². The fourth-order valence-corrected chi connectivity index (χ4v) is 3.17. The Bertz CT molecular complexity index is 612. The van der Waals surface area contributed by atoms with E-state index in [9.17, 15) is 0 Å². The van der Waals surface area contributed by atoms with E-state index in [0.29, 0.717) is 13.2 Å². The Labute approximate surface area is 144 Å². The molecule has 0 bridgehead atoms. The molecule has 1 atom stereocenters. The molecular weight excluding hydrogens is 300 g/mol. The summed E-state index contributed by atoms with van der Waals surface area (Å²) in [6.45, 7) is 4.63. The van der Waals surface area contributed by atoms with E-state index in [0.717, 1.165) is 38.5 Å². The van der Waals surface area contributed by atoms with Crippen molar-refractivity contribution >= 4 is 0 Å². The minimum atomic E-state index is 0.182. The van der Waals surface area contributed by atoms with Crippen LogP contribution in [0.4, 0.5) is 0 Å². The van der Waals surface area contributed by atoms with Crippen LogP contribution in [0.15, 0.2) is 54.6 Å². The molecule has 0 spiro atoms. The summed E-state index contributed by atoms with van der Waals surface area (Å²) in [5, 5.41) is 0. The number of nitrogens with zero attached hydrogens (tertiary/aromatic N) is 1. The molecule has 0 aliphatic carbocycles. The number of para-hydroxylation sites is 1. The van der Waals surface area contributed by atoms with Crippen LogP contribution >= 0.6 is 0 Å². The number of ether oxygens (including phenoxy) is 2. The van der Waals surface area contributed by atoms with Crippen LogP contribution in [-0.2, 0) is 11.2 Å². The fourth-order valence-electron chi connectivity index (χ4n) is 3.17. The van der Waals surface area contributed by atoms with Crippen molar-refractivity contribution in [1.82, 2.24) is 4.90 Å². The molecule has 1 heterocycles. The smallest absolute Gasteiger partial charge is 0.124 e. The lowest BCUT2D eigenvalue weighted by molar-refractivity contribution is 0.0173. The van der Waals surface area contributed by atoms with E-state index in [1.807, 2.05) is 18.2 Å². The highest BCUT2D eigenvalue weighted by molar-refractivity contribution is 5.36. The molecule has 3 rings (SSSR count). The van der Waals surface area contributed by atoms with E-state index in [1.165, 1.54) is 11.1 Å². The SMILES string of the molecule is NCC(c1ccccc1OCCc1ccccc1)N1CCOCC1. The zero-order valence-corrected chi connectivity index (χ0v) is 14.1. The number of hydrogen-bond donors (Lipinski definition) is 1. The highest BCUT2D eigenvalue weighted by Gasteiger charge is 2.23. The third-order valence-electron chi connectivity index (χ3n) is 4.48. The summed E-state index contributed by atoms with van der Waals surface area (Å²) in [5.41, 5.74) is 8.55. The Morgan fingerprint density at radius 3 is 2.46 bits per heavy atom. The average Bonchev–Trinajstić information content (AvgIpc) is 2.65.